The second-order valence-electron chi connectivity index (χ2n) is 6.98. The van der Waals surface area contributed by atoms with Crippen LogP contribution in [0.4, 0.5) is 0 Å². The normalized spacial score (nSPS) is 16.2. The highest BCUT2D eigenvalue weighted by Gasteiger charge is 2.23. The number of rotatable bonds is 5. The Hall–Kier alpha value is -2.72. The van der Waals surface area contributed by atoms with Gasteiger partial charge in [0, 0.05) is 37.0 Å². The summed E-state index contributed by atoms with van der Waals surface area (Å²) in [7, 11) is 1.90. The quantitative estimate of drug-likeness (QED) is 0.716. The van der Waals surface area contributed by atoms with Crippen molar-refractivity contribution in [2.75, 3.05) is 19.6 Å². The molecule has 0 amide bonds. The number of aromatic nitrogens is 5. The first kappa shape index (κ1) is 16.7. The van der Waals surface area contributed by atoms with Crippen molar-refractivity contribution < 1.29 is 0 Å². The summed E-state index contributed by atoms with van der Waals surface area (Å²) in [5.74, 6) is 0.509. The van der Waals surface area contributed by atoms with E-state index >= 15 is 0 Å². The molecule has 0 unspecified atom stereocenters. The van der Waals surface area contributed by atoms with Gasteiger partial charge in [0.2, 0.25) is 0 Å². The van der Waals surface area contributed by atoms with Gasteiger partial charge >= 0.3 is 0 Å². The zero-order chi connectivity index (χ0) is 17.9. The van der Waals surface area contributed by atoms with E-state index in [-0.39, 0.29) is 0 Å². The van der Waals surface area contributed by atoms with Crippen LogP contribution in [-0.2, 0) is 7.05 Å². The molecule has 3 aromatic rings. The first-order valence-corrected chi connectivity index (χ1v) is 9.17. The van der Waals surface area contributed by atoms with Crippen molar-refractivity contribution >= 4 is 11.2 Å². The molecular weight excluding hydrogens is 326 g/mol. The van der Waals surface area contributed by atoms with Crippen LogP contribution in [0.2, 0.25) is 0 Å². The molecule has 4 rings (SSSR count). The predicted molar refractivity (Wildman–Crippen MR) is 99.4 cm³/mol. The van der Waals surface area contributed by atoms with Gasteiger partial charge in [0.05, 0.1) is 24.2 Å². The van der Waals surface area contributed by atoms with E-state index in [1.165, 1.54) is 5.56 Å². The minimum absolute atomic E-state index is 0.509. The molecule has 0 saturated carbocycles. The van der Waals surface area contributed by atoms with Crippen molar-refractivity contribution in [2.24, 2.45) is 7.05 Å². The van der Waals surface area contributed by atoms with Crippen LogP contribution < -0.4 is 0 Å². The highest BCUT2D eigenvalue weighted by atomic mass is 15.2. The average Bonchev–Trinajstić information content (AvgIpc) is 3.28. The van der Waals surface area contributed by atoms with Crippen LogP contribution in [-0.4, -0.2) is 49.3 Å². The van der Waals surface area contributed by atoms with Crippen LogP contribution in [0.25, 0.3) is 22.4 Å². The summed E-state index contributed by atoms with van der Waals surface area (Å²) in [5, 5.41) is 12.9. The van der Waals surface area contributed by atoms with Gasteiger partial charge in [-0.3, -0.25) is 4.68 Å². The van der Waals surface area contributed by atoms with Gasteiger partial charge < -0.3 is 9.88 Å². The third kappa shape index (κ3) is 3.33. The number of hydrogen-bond acceptors (Lipinski definition) is 5. The minimum Gasteiger partial charge on any atom is -0.345 e. The summed E-state index contributed by atoms with van der Waals surface area (Å²) in [5.41, 5.74) is 4.95. The van der Waals surface area contributed by atoms with Gasteiger partial charge in [0.1, 0.15) is 5.52 Å². The summed E-state index contributed by atoms with van der Waals surface area (Å²) < 4.78 is 1.78. The molecule has 0 aliphatic carbocycles. The van der Waals surface area contributed by atoms with Crippen LogP contribution in [0.5, 0.6) is 0 Å². The molecular formula is C19H23N7. The summed E-state index contributed by atoms with van der Waals surface area (Å²) in [6.07, 6.45) is 11.5. The number of piperidine rings is 1. The molecule has 134 valence electrons. The monoisotopic (exact) mass is 349 g/mol. The lowest BCUT2D eigenvalue weighted by molar-refractivity contribution is 0.211. The number of unbranched alkanes of at least 4 members (excludes halogenated alkanes) is 1. The van der Waals surface area contributed by atoms with Gasteiger partial charge in [0.25, 0.3) is 0 Å². The van der Waals surface area contributed by atoms with E-state index in [9.17, 15) is 0 Å². The molecule has 1 N–H and O–H groups in total. The lowest BCUT2D eigenvalue weighted by Crippen LogP contribution is -2.33. The zero-order valence-electron chi connectivity index (χ0n) is 15.0. The Labute approximate surface area is 152 Å². The largest absolute Gasteiger partial charge is 0.345 e. The van der Waals surface area contributed by atoms with Crippen LogP contribution in [0, 0.1) is 11.3 Å². The molecule has 4 heterocycles. The fourth-order valence-corrected chi connectivity index (χ4v) is 3.76. The maximum Gasteiger partial charge on any atom is 0.156 e. The molecule has 1 saturated heterocycles. The number of likely N-dealkylation sites (tertiary alicyclic amines) is 1. The number of nitrogens with one attached hydrogen (secondary N) is 1. The zero-order valence-corrected chi connectivity index (χ0v) is 15.0. The maximum absolute atomic E-state index is 8.68. The van der Waals surface area contributed by atoms with Crippen molar-refractivity contribution in [3.05, 3.63) is 30.4 Å². The fraction of sp³-hybridized carbons (Fsp3) is 0.474. The second-order valence-corrected chi connectivity index (χ2v) is 6.98. The molecule has 0 aromatic carbocycles. The number of aromatic amines is 1. The minimum atomic E-state index is 0.509. The molecule has 26 heavy (non-hydrogen) atoms. The van der Waals surface area contributed by atoms with Gasteiger partial charge in [0.15, 0.2) is 5.65 Å². The predicted octanol–water partition coefficient (Wildman–Crippen LogP) is 2.84. The van der Waals surface area contributed by atoms with Gasteiger partial charge in [-0.2, -0.15) is 10.4 Å². The third-order valence-corrected chi connectivity index (χ3v) is 5.20. The van der Waals surface area contributed by atoms with E-state index < -0.39 is 0 Å². The van der Waals surface area contributed by atoms with Crippen LogP contribution in [0.15, 0.2) is 24.8 Å². The Balaban J connectivity index is 1.51. The topological polar surface area (TPSA) is 86.4 Å². The first-order chi connectivity index (χ1) is 12.7. The van der Waals surface area contributed by atoms with E-state index in [4.69, 9.17) is 10.2 Å². The van der Waals surface area contributed by atoms with Gasteiger partial charge in [-0.15, -0.1) is 0 Å². The molecule has 7 heteroatoms. The lowest BCUT2D eigenvalue weighted by atomic mass is 9.90. The van der Waals surface area contributed by atoms with E-state index in [2.05, 4.69) is 32.2 Å². The van der Waals surface area contributed by atoms with E-state index in [1.54, 1.807) is 10.9 Å². The molecule has 1 aliphatic heterocycles. The Morgan fingerprint density at radius 3 is 2.88 bits per heavy atom. The van der Waals surface area contributed by atoms with Crippen LogP contribution >= 0.6 is 0 Å². The number of H-pyrrole nitrogens is 1. The van der Waals surface area contributed by atoms with Crippen molar-refractivity contribution in [3.63, 3.8) is 0 Å². The molecule has 0 spiro atoms. The Kier molecular flexibility index (Phi) is 4.67. The van der Waals surface area contributed by atoms with Gasteiger partial charge in [-0.25, -0.2) is 9.97 Å². The number of hydrogen-bond donors (Lipinski definition) is 1. The molecule has 1 aliphatic rings. The third-order valence-electron chi connectivity index (χ3n) is 5.20. The molecule has 0 radical (unpaired) electrons. The van der Waals surface area contributed by atoms with Crippen molar-refractivity contribution in [1.82, 2.24) is 29.6 Å². The number of fused-ring (bicyclic) bond motifs is 1. The highest BCUT2D eigenvalue weighted by molar-refractivity contribution is 5.78. The molecule has 1 fully saturated rings. The standard InChI is InChI=1S/C19H23N7/c1-25-13-15(10-23-25)17-12-22-19-18(24-17)16(11-21-19)14-4-8-26(9-5-14)7-3-2-6-20/h10-14H,2-5,7-9H2,1H3,(H,21,22). The van der Waals surface area contributed by atoms with Gasteiger partial charge in [-0.05, 0) is 44.8 Å². The Morgan fingerprint density at radius 1 is 1.31 bits per heavy atom. The summed E-state index contributed by atoms with van der Waals surface area (Å²) in [6, 6.07) is 2.23. The summed E-state index contributed by atoms with van der Waals surface area (Å²) >= 11 is 0. The molecule has 0 atom stereocenters. The van der Waals surface area contributed by atoms with Gasteiger partial charge in [-0.1, -0.05) is 0 Å². The Morgan fingerprint density at radius 2 is 2.15 bits per heavy atom. The first-order valence-electron chi connectivity index (χ1n) is 9.17. The van der Waals surface area contributed by atoms with Crippen LogP contribution in [0.3, 0.4) is 0 Å². The number of nitrogens with zero attached hydrogens (tertiary/aromatic N) is 6. The second kappa shape index (κ2) is 7.26. The fourth-order valence-electron chi connectivity index (χ4n) is 3.76. The molecule has 0 bridgehead atoms. The average molecular weight is 349 g/mol. The number of aryl methyl sites for hydroxylation is 1. The van der Waals surface area contributed by atoms with E-state index in [0.717, 1.165) is 61.3 Å². The smallest absolute Gasteiger partial charge is 0.156 e. The molecule has 3 aromatic heterocycles. The highest BCUT2D eigenvalue weighted by Crippen LogP contribution is 2.32. The maximum atomic E-state index is 8.68. The van der Waals surface area contributed by atoms with Crippen LogP contribution in [0.1, 0.15) is 37.2 Å². The van der Waals surface area contributed by atoms with E-state index in [0.29, 0.717) is 12.3 Å². The van der Waals surface area contributed by atoms with Crippen molar-refractivity contribution in [2.45, 2.75) is 31.6 Å². The van der Waals surface area contributed by atoms with E-state index in [1.807, 2.05) is 19.4 Å². The Bertz CT molecular complexity index is 925. The lowest BCUT2D eigenvalue weighted by Gasteiger charge is -2.31. The molecule has 7 nitrogen and oxygen atoms in total. The summed E-state index contributed by atoms with van der Waals surface area (Å²) in [6.45, 7) is 3.19. The van der Waals surface area contributed by atoms with Crippen molar-refractivity contribution in [3.8, 4) is 17.3 Å². The summed E-state index contributed by atoms with van der Waals surface area (Å²) in [4.78, 5) is 15.2. The van der Waals surface area contributed by atoms with Crippen molar-refractivity contribution in [1.29, 1.82) is 5.26 Å². The number of nitriles is 1. The SMILES string of the molecule is Cn1cc(-c2cnc3[nH]cc(C4CCN(CCCC#N)CC4)c3n2)cn1.